The van der Waals surface area contributed by atoms with Gasteiger partial charge in [0, 0.05) is 32.9 Å². The van der Waals surface area contributed by atoms with Gasteiger partial charge in [-0.15, -0.1) is 0 Å². The summed E-state index contributed by atoms with van der Waals surface area (Å²) in [5.74, 6) is -0.751. The summed E-state index contributed by atoms with van der Waals surface area (Å²) in [5, 5.41) is 14.4. The molecule has 0 spiro atoms. The molecule has 1 saturated heterocycles. The van der Waals surface area contributed by atoms with Gasteiger partial charge in [-0.1, -0.05) is 30.3 Å². The van der Waals surface area contributed by atoms with Crippen molar-refractivity contribution in [1.82, 2.24) is 20.1 Å². The molecular formula is C23H28N4O5. The number of carbonyl (C=O) groups excluding carboxylic acids is 2. The first kappa shape index (κ1) is 23.1. The lowest BCUT2D eigenvalue weighted by molar-refractivity contribution is 0.0940. The standard InChI is InChI=1S/C23H28N4O5/c1-24-21(29)19-12-18(15-27(22(19)30)14-16-6-3-2-4-7-16)20(28)25-10-9-17-8-5-11-26(13-17)23(31)32/h2-4,6-7,12,15,17H,5,8-11,13-14H2,1H3,(H,24,29)(H,25,28)(H,31,32). The first-order chi connectivity index (χ1) is 15.4. The molecule has 1 aromatic carbocycles. The number of carbonyl (C=O) groups is 3. The number of piperidine rings is 1. The molecule has 9 heteroatoms. The number of likely N-dealkylation sites (tertiary alicyclic amines) is 1. The van der Waals surface area contributed by atoms with Crippen molar-refractivity contribution < 1.29 is 19.5 Å². The molecule has 1 atom stereocenters. The maximum Gasteiger partial charge on any atom is 0.407 e. The Labute approximate surface area is 186 Å². The highest BCUT2D eigenvalue weighted by Crippen LogP contribution is 2.19. The Morgan fingerprint density at radius 1 is 1.16 bits per heavy atom. The number of nitrogens with zero attached hydrogens (tertiary/aromatic N) is 2. The molecule has 0 bridgehead atoms. The summed E-state index contributed by atoms with van der Waals surface area (Å²) in [6.07, 6.45) is 2.93. The van der Waals surface area contributed by atoms with Gasteiger partial charge in [-0.3, -0.25) is 14.4 Å². The summed E-state index contributed by atoms with van der Waals surface area (Å²) in [7, 11) is 1.43. The van der Waals surface area contributed by atoms with E-state index in [-0.39, 0.29) is 29.5 Å². The number of hydrogen-bond donors (Lipinski definition) is 3. The number of carboxylic acid groups (broad SMARTS) is 1. The van der Waals surface area contributed by atoms with Crippen LogP contribution < -0.4 is 16.2 Å². The minimum atomic E-state index is -0.916. The average molecular weight is 441 g/mol. The van der Waals surface area contributed by atoms with Crippen molar-refractivity contribution in [2.45, 2.75) is 25.8 Å². The third-order valence-corrected chi connectivity index (χ3v) is 5.64. The zero-order valence-corrected chi connectivity index (χ0v) is 18.0. The Morgan fingerprint density at radius 2 is 1.91 bits per heavy atom. The van der Waals surface area contributed by atoms with Crippen LogP contribution in [-0.2, 0) is 6.54 Å². The molecule has 3 N–H and O–H groups in total. The number of benzene rings is 1. The Kier molecular flexibility index (Phi) is 7.64. The summed E-state index contributed by atoms with van der Waals surface area (Å²) >= 11 is 0. The van der Waals surface area contributed by atoms with Crippen LogP contribution in [0.3, 0.4) is 0 Å². The van der Waals surface area contributed by atoms with Gasteiger partial charge in [0.15, 0.2) is 0 Å². The Bertz CT molecular complexity index is 1030. The molecule has 0 radical (unpaired) electrons. The van der Waals surface area contributed by atoms with Gasteiger partial charge in [-0.25, -0.2) is 4.79 Å². The van der Waals surface area contributed by atoms with Gasteiger partial charge in [0.25, 0.3) is 17.4 Å². The lowest BCUT2D eigenvalue weighted by atomic mass is 9.95. The molecule has 2 heterocycles. The van der Waals surface area contributed by atoms with E-state index in [0.717, 1.165) is 18.4 Å². The highest BCUT2D eigenvalue weighted by Gasteiger charge is 2.23. The maximum absolute atomic E-state index is 12.8. The monoisotopic (exact) mass is 440 g/mol. The Balaban J connectivity index is 1.72. The fourth-order valence-corrected chi connectivity index (χ4v) is 3.92. The number of amides is 3. The summed E-state index contributed by atoms with van der Waals surface area (Å²) in [5.41, 5.74) is 0.520. The topological polar surface area (TPSA) is 121 Å². The largest absolute Gasteiger partial charge is 0.465 e. The minimum Gasteiger partial charge on any atom is -0.465 e. The summed E-state index contributed by atoms with van der Waals surface area (Å²) in [6, 6.07) is 10.6. The second kappa shape index (κ2) is 10.6. The smallest absolute Gasteiger partial charge is 0.407 e. The molecule has 0 aliphatic carbocycles. The van der Waals surface area contributed by atoms with Crippen LogP contribution in [0, 0.1) is 5.92 Å². The highest BCUT2D eigenvalue weighted by atomic mass is 16.4. The quantitative estimate of drug-likeness (QED) is 0.606. The van der Waals surface area contributed by atoms with Crippen LogP contribution in [0.15, 0.2) is 47.4 Å². The number of rotatable bonds is 7. The number of nitrogens with one attached hydrogen (secondary N) is 2. The van der Waals surface area contributed by atoms with Crippen molar-refractivity contribution in [3.05, 3.63) is 69.6 Å². The van der Waals surface area contributed by atoms with Gasteiger partial charge < -0.3 is 25.2 Å². The number of hydrogen-bond acceptors (Lipinski definition) is 4. The molecule has 3 amide bonds. The van der Waals surface area contributed by atoms with Crippen molar-refractivity contribution in [2.75, 3.05) is 26.7 Å². The first-order valence-corrected chi connectivity index (χ1v) is 10.7. The minimum absolute atomic E-state index is 0.0968. The van der Waals surface area contributed by atoms with E-state index in [1.807, 2.05) is 30.3 Å². The van der Waals surface area contributed by atoms with Gasteiger partial charge in [-0.05, 0) is 36.8 Å². The predicted octanol–water partition coefficient (Wildman–Crippen LogP) is 1.77. The number of aromatic nitrogens is 1. The van der Waals surface area contributed by atoms with E-state index in [4.69, 9.17) is 5.11 Å². The van der Waals surface area contributed by atoms with Crippen LogP contribution >= 0.6 is 0 Å². The van der Waals surface area contributed by atoms with Crippen molar-refractivity contribution >= 4 is 17.9 Å². The average Bonchev–Trinajstić information content (AvgIpc) is 2.80. The normalized spacial score (nSPS) is 15.8. The second-order valence-corrected chi connectivity index (χ2v) is 7.92. The molecule has 9 nitrogen and oxygen atoms in total. The van der Waals surface area contributed by atoms with Gasteiger partial charge in [0.2, 0.25) is 0 Å². The third kappa shape index (κ3) is 5.75. The van der Waals surface area contributed by atoms with E-state index in [1.165, 1.54) is 28.8 Å². The SMILES string of the molecule is CNC(=O)c1cc(C(=O)NCCC2CCCN(C(=O)O)C2)cn(Cc2ccccc2)c1=O. The van der Waals surface area contributed by atoms with Gasteiger partial charge in [-0.2, -0.15) is 0 Å². The molecule has 1 aromatic heterocycles. The van der Waals surface area contributed by atoms with Crippen LogP contribution in [-0.4, -0.2) is 59.2 Å². The molecule has 1 aliphatic rings. The van der Waals surface area contributed by atoms with Gasteiger partial charge in [0.1, 0.15) is 5.56 Å². The second-order valence-electron chi connectivity index (χ2n) is 7.92. The van der Waals surface area contributed by atoms with E-state index in [2.05, 4.69) is 10.6 Å². The molecule has 1 aliphatic heterocycles. The lowest BCUT2D eigenvalue weighted by Gasteiger charge is -2.30. The molecule has 1 unspecified atom stereocenters. The third-order valence-electron chi connectivity index (χ3n) is 5.64. The number of pyridine rings is 1. The van der Waals surface area contributed by atoms with Crippen molar-refractivity contribution in [1.29, 1.82) is 0 Å². The summed E-state index contributed by atoms with van der Waals surface area (Å²) < 4.78 is 1.36. The van der Waals surface area contributed by atoms with E-state index < -0.39 is 17.6 Å². The van der Waals surface area contributed by atoms with Gasteiger partial charge in [0.05, 0.1) is 12.1 Å². The molecular weight excluding hydrogens is 412 g/mol. The van der Waals surface area contributed by atoms with E-state index in [9.17, 15) is 19.2 Å². The lowest BCUT2D eigenvalue weighted by Crippen LogP contribution is -2.40. The van der Waals surface area contributed by atoms with Crippen LogP contribution in [0.2, 0.25) is 0 Å². The Morgan fingerprint density at radius 3 is 2.59 bits per heavy atom. The van der Waals surface area contributed by atoms with Crippen LogP contribution in [0.5, 0.6) is 0 Å². The zero-order valence-electron chi connectivity index (χ0n) is 18.0. The van der Waals surface area contributed by atoms with E-state index >= 15 is 0 Å². The Hall–Kier alpha value is -3.62. The predicted molar refractivity (Wildman–Crippen MR) is 119 cm³/mol. The fourth-order valence-electron chi connectivity index (χ4n) is 3.92. The zero-order chi connectivity index (χ0) is 23.1. The molecule has 0 saturated carbocycles. The van der Waals surface area contributed by atoms with Crippen molar-refractivity contribution in [3.63, 3.8) is 0 Å². The van der Waals surface area contributed by atoms with Crippen LogP contribution in [0.1, 0.15) is 45.5 Å². The molecule has 32 heavy (non-hydrogen) atoms. The van der Waals surface area contributed by atoms with E-state index in [1.54, 1.807) is 0 Å². The first-order valence-electron chi connectivity index (χ1n) is 10.7. The molecule has 1 fully saturated rings. The van der Waals surface area contributed by atoms with Gasteiger partial charge >= 0.3 is 6.09 Å². The van der Waals surface area contributed by atoms with Crippen LogP contribution in [0.25, 0.3) is 0 Å². The van der Waals surface area contributed by atoms with E-state index in [0.29, 0.717) is 26.1 Å². The van der Waals surface area contributed by atoms with Crippen LogP contribution in [0.4, 0.5) is 4.79 Å². The fraction of sp³-hybridized carbons (Fsp3) is 0.391. The summed E-state index contributed by atoms with van der Waals surface area (Å²) in [4.78, 5) is 50.3. The maximum atomic E-state index is 12.8. The highest BCUT2D eigenvalue weighted by molar-refractivity contribution is 5.99. The molecule has 170 valence electrons. The molecule has 3 rings (SSSR count). The summed E-state index contributed by atoms with van der Waals surface area (Å²) in [6.45, 7) is 1.62. The van der Waals surface area contributed by atoms with Crippen molar-refractivity contribution in [3.8, 4) is 0 Å². The van der Waals surface area contributed by atoms with Crippen molar-refractivity contribution in [2.24, 2.45) is 5.92 Å². The molecule has 2 aromatic rings.